The first-order chi connectivity index (χ1) is 10.8. The number of ether oxygens (including phenoxy) is 2. The van der Waals surface area contributed by atoms with Gasteiger partial charge in [-0.1, -0.05) is 20.8 Å². The number of nitrogen functional groups attached to an aromatic ring is 2. The molecule has 0 aliphatic carbocycles. The average Bonchev–Trinajstić information content (AvgIpc) is 2.50. The minimum Gasteiger partial charge on any atom is -0.497 e. The molecule has 23 heavy (non-hydrogen) atoms. The highest BCUT2D eigenvalue weighted by molar-refractivity contribution is 7.75. The third-order valence-corrected chi connectivity index (χ3v) is 6.71. The zero-order chi connectivity index (χ0) is 17.2. The highest BCUT2D eigenvalue weighted by atomic mass is 31.1. The second-order valence-electron chi connectivity index (χ2n) is 6.36. The fraction of sp³-hybridized carbons (Fsp3) is 0.333. The molecule has 0 bridgehead atoms. The molecular formula is C18H25N2O2P. The molecule has 0 saturated heterocycles. The highest BCUT2D eigenvalue weighted by Gasteiger charge is 2.31. The van der Waals surface area contributed by atoms with Crippen molar-refractivity contribution in [2.75, 3.05) is 25.7 Å². The van der Waals surface area contributed by atoms with Crippen molar-refractivity contribution in [1.29, 1.82) is 0 Å². The largest absolute Gasteiger partial charge is 0.497 e. The molecule has 0 aromatic heterocycles. The van der Waals surface area contributed by atoms with Crippen molar-refractivity contribution in [3.05, 3.63) is 36.4 Å². The van der Waals surface area contributed by atoms with Crippen LogP contribution in [0.3, 0.4) is 0 Å². The van der Waals surface area contributed by atoms with Crippen LogP contribution < -0.4 is 31.6 Å². The van der Waals surface area contributed by atoms with Crippen molar-refractivity contribution in [2.24, 2.45) is 0 Å². The van der Waals surface area contributed by atoms with E-state index >= 15 is 0 Å². The first kappa shape index (κ1) is 17.4. The Kier molecular flexibility index (Phi) is 5.06. The molecule has 4 nitrogen and oxygen atoms in total. The third-order valence-electron chi connectivity index (χ3n) is 3.63. The number of benzene rings is 2. The summed E-state index contributed by atoms with van der Waals surface area (Å²) in [6.45, 7) is 6.61. The van der Waals surface area contributed by atoms with Crippen LogP contribution in [0.5, 0.6) is 11.5 Å². The molecule has 0 spiro atoms. The van der Waals surface area contributed by atoms with Crippen molar-refractivity contribution in [2.45, 2.75) is 25.9 Å². The van der Waals surface area contributed by atoms with Gasteiger partial charge in [0, 0.05) is 22.0 Å². The Labute approximate surface area is 139 Å². The van der Waals surface area contributed by atoms with Gasteiger partial charge in [-0.3, -0.25) is 0 Å². The minimum atomic E-state index is -0.787. The Balaban J connectivity index is 2.69. The fourth-order valence-electron chi connectivity index (χ4n) is 2.54. The normalized spacial score (nSPS) is 11.6. The van der Waals surface area contributed by atoms with Crippen LogP contribution in [-0.4, -0.2) is 19.4 Å². The third kappa shape index (κ3) is 3.70. The van der Waals surface area contributed by atoms with E-state index < -0.39 is 7.92 Å². The van der Waals surface area contributed by atoms with E-state index in [2.05, 4.69) is 20.8 Å². The lowest BCUT2D eigenvalue weighted by Crippen LogP contribution is -2.29. The summed E-state index contributed by atoms with van der Waals surface area (Å²) < 4.78 is 10.8. The second-order valence-corrected chi connectivity index (χ2v) is 9.33. The van der Waals surface area contributed by atoms with Crippen molar-refractivity contribution >= 4 is 29.9 Å². The van der Waals surface area contributed by atoms with Crippen LogP contribution in [0.25, 0.3) is 0 Å². The molecule has 0 heterocycles. The van der Waals surface area contributed by atoms with Gasteiger partial charge in [0.1, 0.15) is 11.5 Å². The minimum absolute atomic E-state index is 0.0176. The second kappa shape index (κ2) is 6.67. The monoisotopic (exact) mass is 332 g/mol. The summed E-state index contributed by atoms with van der Waals surface area (Å²) in [6, 6.07) is 11.6. The molecule has 2 aromatic rings. The molecule has 0 aliphatic heterocycles. The highest BCUT2D eigenvalue weighted by Crippen LogP contribution is 2.50. The molecule has 0 fully saturated rings. The van der Waals surface area contributed by atoms with Crippen LogP contribution in [-0.2, 0) is 0 Å². The molecule has 0 saturated carbocycles. The van der Waals surface area contributed by atoms with E-state index in [9.17, 15) is 0 Å². The van der Waals surface area contributed by atoms with Gasteiger partial charge < -0.3 is 20.9 Å². The molecule has 124 valence electrons. The summed E-state index contributed by atoms with van der Waals surface area (Å²) >= 11 is 0. The Hall–Kier alpha value is -1.93. The lowest BCUT2D eigenvalue weighted by Gasteiger charge is -2.34. The van der Waals surface area contributed by atoms with Crippen molar-refractivity contribution in [3.8, 4) is 11.5 Å². The van der Waals surface area contributed by atoms with Crippen LogP contribution in [0.4, 0.5) is 11.4 Å². The summed E-state index contributed by atoms with van der Waals surface area (Å²) in [6.07, 6.45) is 0. The Morgan fingerprint density at radius 2 is 1.17 bits per heavy atom. The van der Waals surface area contributed by atoms with Gasteiger partial charge in [0.05, 0.1) is 14.2 Å². The van der Waals surface area contributed by atoms with E-state index in [1.807, 2.05) is 36.4 Å². The molecule has 0 radical (unpaired) electrons. The Morgan fingerprint density at radius 3 is 1.48 bits per heavy atom. The molecule has 5 heteroatoms. The van der Waals surface area contributed by atoms with Crippen LogP contribution in [0.15, 0.2) is 36.4 Å². The molecule has 4 N–H and O–H groups in total. The Bertz CT molecular complexity index is 642. The number of anilines is 2. The molecule has 0 amide bonds. The molecule has 0 unspecified atom stereocenters. The van der Waals surface area contributed by atoms with Gasteiger partial charge in [0.2, 0.25) is 0 Å². The van der Waals surface area contributed by atoms with Gasteiger partial charge in [-0.25, -0.2) is 0 Å². The lowest BCUT2D eigenvalue weighted by atomic mass is 10.2. The smallest absolute Gasteiger partial charge is 0.119 e. The van der Waals surface area contributed by atoms with Crippen molar-refractivity contribution in [3.63, 3.8) is 0 Å². The van der Waals surface area contributed by atoms with E-state index in [0.29, 0.717) is 0 Å². The number of nitrogens with two attached hydrogens (primary N) is 2. The van der Waals surface area contributed by atoms with E-state index in [0.717, 1.165) is 33.5 Å². The maximum absolute atomic E-state index is 6.29. The topological polar surface area (TPSA) is 70.5 Å². The molecular weight excluding hydrogens is 307 g/mol. The molecule has 2 aromatic carbocycles. The van der Waals surface area contributed by atoms with Gasteiger partial charge in [0.25, 0.3) is 0 Å². The summed E-state index contributed by atoms with van der Waals surface area (Å²) in [7, 11) is 2.54. The summed E-state index contributed by atoms with van der Waals surface area (Å²) in [4.78, 5) is 0. The summed E-state index contributed by atoms with van der Waals surface area (Å²) in [5.41, 5.74) is 14.1. The first-order valence-electron chi connectivity index (χ1n) is 7.45. The fourth-order valence-corrected chi connectivity index (χ4v) is 5.42. The van der Waals surface area contributed by atoms with Gasteiger partial charge in [-0.05, 0) is 49.5 Å². The lowest BCUT2D eigenvalue weighted by molar-refractivity contribution is 0.415. The van der Waals surface area contributed by atoms with Crippen molar-refractivity contribution in [1.82, 2.24) is 0 Å². The molecule has 0 atom stereocenters. The van der Waals surface area contributed by atoms with Gasteiger partial charge in [-0.2, -0.15) is 0 Å². The van der Waals surface area contributed by atoms with Crippen molar-refractivity contribution < 1.29 is 9.47 Å². The van der Waals surface area contributed by atoms with Crippen LogP contribution in [0, 0.1) is 0 Å². The Morgan fingerprint density at radius 1 is 0.783 bits per heavy atom. The zero-order valence-electron chi connectivity index (χ0n) is 14.4. The van der Waals surface area contributed by atoms with E-state index in [1.54, 1.807) is 14.2 Å². The van der Waals surface area contributed by atoms with E-state index in [-0.39, 0.29) is 5.16 Å². The predicted molar refractivity (Wildman–Crippen MR) is 101 cm³/mol. The number of hydrogen-bond acceptors (Lipinski definition) is 4. The van der Waals surface area contributed by atoms with Crippen LogP contribution >= 0.6 is 7.92 Å². The number of hydrogen-bond donors (Lipinski definition) is 2. The quantitative estimate of drug-likeness (QED) is 0.667. The number of methoxy groups -OCH3 is 2. The van der Waals surface area contributed by atoms with Gasteiger partial charge >= 0.3 is 0 Å². The van der Waals surface area contributed by atoms with Gasteiger partial charge in [-0.15, -0.1) is 0 Å². The summed E-state index contributed by atoms with van der Waals surface area (Å²) in [5.74, 6) is 1.60. The standard InChI is InChI=1S/C18H25N2O2P/c1-18(2,3)23(16-10-12(21-4)6-8-14(16)19)17-11-13(22-5)7-9-15(17)20/h6-11H,19-20H2,1-5H3. The van der Waals surface area contributed by atoms with Crippen LogP contribution in [0.1, 0.15) is 20.8 Å². The van der Waals surface area contributed by atoms with Gasteiger partial charge in [0.15, 0.2) is 0 Å². The zero-order valence-corrected chi connectivity index (χ0v) is 15.3. The maximum Gasteiger partial charge on any atom is 0.119 e. The molecule has 2 rings (SSSR count). The average molecular weight is 332 g/mol. The predicted octanol–water partition coefficient (Wildman–Crippen LogP) is 3.10. The maximum atomic E-state index is 6.29. The molecule has 0 aliphatic rings. The first-order valence-corrected chi connectivity index (χ1v) is 8.79. The van der Waals surface area contributed by atoms with Crippen LogP contribution in [0.2, 0.25) is 0 Å². The van der Waals surface area contributed by atoms with E-state index in [4.69, 9.17) is 20.9 Å². The number of rotatable bonds is 4. The SMILES string of the molecule is COc1ccc(N)c(P(c2cc(OC)ccc2N)C(C)(C)C)c1. The van der Waals surface area contributed by atoms with E-state index in [1.165, 1.54) is 0 Å². The summed E-state index contributed by atoms with van der Waals surface area (Å²) in [5, 5.41) is 2.13.